The lowest BCUT2D eigenvalue weighted by molar-refractivity contribution is 0.0425. The van der Waals surface area contributed by atoms with E-state index in [0.717, 1.165) is 19.3 Å². The third-order valence-corrected chi connectivity index (χ3v) is 7.09. The maximum absolute atomic E-state index is 14.0. The van der Waals surface area contributed by atoms with Gasteiger partial charge in [-0.25, -0.2) is 4.39 Å². The molecule has 3 fully saturated rings. The van der Waals surface area contributed by atoms with Crippen molar-refractivity contribution in [2.24, 2.45) is 16.7 Å². The minimum atomic E-state index is -0.774. The van der Waals surface area contributed by atoms with E-state index in [2.05, 4.69) is 19.9 Å². The van der Waals surface area contributed by atoms with Crippen LogP contribution in [0.3, 0.4) is 0 Å². The van der Waals surface area contributed by atoms with Crippen LogP contribution in [-0.2, 0) is 0 Å². The molecule has 0 spiro atoms. The number of likely N-dealkylation sites (tertiary alicyclic amines) is 1. The fourth-order valence-corrected chi connectivity index (χ4v) is 5.54. The molecule has 3 aliphatic rings. The number of nitrogens with zero attached hydrogens (tertiary/aromatic N) is 2. The molecule has 1 aromatic carbocycles. The molecule has 22 heavy (non-hydrogen) atoms. The van der Waals surface area contributed by atoms with Gasteiger partial charge >= 0.3 is 0 Å². The second-order valence-corrected chi connectivity index (χ2v) is 7.53. The number of amides is 1. The Kier molecular flexibility index (Phi) is 2.44. The standard InChI is InChI=1S/C18H19FN2O/c1-16-11-21(15(22)13-5-3-4-6-14(13)19)18(10-20)9-12(16)7-8-17(16,18)2/h3-6,12H,7-9,11H2,1-2H3/t12-,16+,17-,18+/m0/s1. The van der Waals surface area contributed by atoms with Gasteiger partial charge in [0.05, 0.1) is 11.6 Å². The van der Waals surface area contributed by atoms with E-state index in [4.69, 9.17) is 0 Å². The van der Waals surface area contributed by atoms with Crippen molar-refractivity contribution in [3.63, 3.8) is 0 Å². The Morgan fingerprint density at radius 2 is 2.14 bits per heavy atom. The molecule has 2 aliphatic carbocycles. The van der Waals surface area contributed by atoms with Crippen molar-refractivity contribution < 1.29 is 9.18 Å². The summed E-state index contributed by atoms with van der Waals surface area (Å²) in [7, 11) is 0. The number of piperidine rings is 1. The summed E-state index contributed by atoms with van der Waals surface area (Å²) in [4.78, 5) is 14.6. The van der Waals surface area contributed by atoms with Crippen LogP contribution in [-0.4, -0.2) is 22.9 Å². The number of benzene rings is 1. The Morgan fingerprint density at radius 1 is 1.41 bits per heavy atom. The quantitative estimate of drug-likeness (QED) is 0.798. The first-order valence-corrected chi connectivity index (χ1v) is 7.87. The van der Waals surface area contributed by atoms with Gasteiger partial charge in [0, 0.05) is 12.0 Å². The van der Waals surface area contributed by atoms with Crippen molar-refractivity contribution in [3.05, 3.63) is 35.6 Å². The molecular weight excluding hydrogens is 279 g/mol. The largest absolute Gasteiger partial charge is 0.319 e. The molecule has 0 aromatic heterocycles. The highest BCUT2D eigenvalue weighted by molar-refractivity contribution is 5.96. The summed E-state index contributed by atoms with van der Waals surface area (Å²) in [6.45, 7) is 4.92. The third-order valence-electron chi connectivity index (χ3n) is 7.09. The molecule has 114 valence electrons. The fraction of sp³-hybridized carbons (Fsp3) is 0.556. The molecule has 1 aliphatic heterocycles. The van der Waals surface area contributed by atoms with E-state index < -0.39 is 11.4 Å². The van der Waals surface area contributed by atoms with Crippen LogP contribution in [0.1, 0.15) is 43.5 Å². The molecule has 1 heterocycles. The molecule has 1 saturated heterocycles. The zero-order chi connectivity index (χ0) is 15.8. The van der Waals surface area contributed by atoms with Crippen LogP contribution in [0, 0.1) is 33.9 Å². The maximum atomic E-state index is 14.0. The molecule has 4 heteroatoms. The van der Waals surface area contributed by atoms with Gasteiger partial charge in [-0.15, -0.1) is 0 Å². The summed E-state index contributed by atoms with van der Waals surface area (Å²) in [5, 5.41) is 9.94. The van der Waals surface area contributed by atoms with Gasteiger partial charge in [0.2, 0.25) is 0 Å². The van der Waals surface area contributed by atoms with Crippen LogP contribution in [0.2, 0.25) is 0 Å². The fourth-order valence-electron chi connectivity index (χ4n) is 5.54. The van der Waals surface area contributed by atoms with Crippen LogP contribution in [0.15, 0.2) is 24.3 Å². The molecule has 1 aromatic rings. The van der Waals surface area contributed by atoms with Crippen LogP contribution in [0.25, 0.3) is 0 Å². The lowest BCUT2D eigenvalue weighted by Gasteiger charge is -2.43. The highest BCUT2D eigenvalue weighted by Crippen LogP contribution is 2.75. The number of hydrogen-bond donors (Lipinski definition) is 0. The maximum Gasteiger partial charge on any atom is 0.258 e. The Bertz CT molecular complexity index is 726. The van der Waals surface area contributed by atoms with Crippen LogP contribution >= 0.6 is 0 Å². The van der Waals surface area contributed by atoms with Gasteiger partial charge in [0.25, 0.3) is 5.91 Å². The zero-order valence-electron chi connectivity index (χ0n) is 12.9. The summed E-state index contributed by atoms with van der Waals surface area (Å²) < 4.78 is 14.0. The van der Waals surface area contributed by atoms with Gasteiger partial charge in [0.15, 0.2) is 0 Å². The highest BCUT2D eigenvalue weighted by Gasteiger charge is 2.78. The normalized spacial score (nSPS) is 41.7. The Labute approximate surface area is 129 Å². The van der Waals surface area contributed by atoms with Crippen molar-refractivity contribution in [1.82, 2.24) is 4.90 Å². The number of nitriles is 1. The first-order chi connectivity index (χ1) is 10.4. The van der Waals surface area contributed by atoms with Crippen LogP contribution < -0.4 is 0 Å². The number of halogens is 1. The number of carbonyl (C=O) groups is 1. The van der Waals surface area contributed by atoms with E-state index in [1.165, 1.54) is 12.1 Å². The SMILES string of the molecule is C[C@@]12CC[C@H]3C[C@]1(C#N)N(C(=O)c1ccccc1F)C[C@]32C. The van der Waals surface area contributed by atoms with E-state index in [-0.39, 0.29) is 22.3 Å². The molecule has 2 saturated carbocycles. The summed E-state index contributed by atoms with van der Waals surface area (Å²) in [6, 6.07) is 8.52. The minimum absolute atomic E-state index is 0.0242. The van der Waals surface area contributed by atoms with Gasteiger partial charge in [0.1, 0.15) is 11.4 Å². The Balaban J connectivity index is 1.82. The summed E-state index contributed by atoms with van der Waals surface area (Å²) in [6.07, 6.45) is 2.84. The number of rotatable bonds is 1. The molecule has 0 unspecified atom stereocenters. The van der Waals surface area contributed by atoms with E-state index in [1.54, 1.807) is 17.0 Å². The Morgan fingerprint density at radius 3 is 2.77 bits per heavy atom. The minimum Gasteiger partial charge on any atom is -0.319 e. The molecule has 3 nitrogen and oxygen atoms in total. The molecular formula is C18H19FN2O. The van der Waals surface area contributed by atoms with Gasteiger partial charge in [-0.3, -0.25) is 4.79 Å². The average molecular weight is 298 g/mol. The lowest BCUT2D eigenvalue weighted by Crippen LogP contribution is -2.54. The molecule has 0 N–H and O–H groups in total. The van der Waals surface area contributed by atoms with Crippen molar-refractivity contribution in [2.45, 2.75) is 38.6 Å². The van der Waals surface area contributed by atoms with Gasteiger partial charge in [-0.05, 0) is 42.7 Å². The molecule has 0 radical (unpaired) electrons. The highest BCUT2D eigenvalue weighted by atomic mass is 19.1. The predicted octanol–water partition coefficient (Wildman–Crippen LogP) is 3.37. The van der Waals surface area contributed by atoms with Crippen molar-refractivity contribution in [1.29, 1.82) is 5.26 Å². The van der Waals surface area contributed by atoms with Gasteiger partial charge < -0.3 is 4.90 Å². The molecule has 1 amide bonds. The van der Waals surface area contributed by atoms with E-state index >= 15 is 0 Å². The number of hydrogen-bond acceptors (Lipinski definition) is 2. The molecule has 4 atom stereocenters. The van der Waals surface area contributed by atoms with Gasteiger partial charge in [-0.2, -0.15) is 5.26 Å². The van der Waals surface area contributed by atoms with Gasteiger partial charge in [-0.1, -0.05) is 26.0 Å². The van der Waals surface area contributed by atoms with Crippen LogP contribution in [0.4, 0.5) is 4.39 Å². The third kappa shape index (κ3) is 1.21. The van der Waals surface area contributed by atoms with E-state index in [0.29, 0.717) is 12.5 Å². The average Bonchev–Trinajstić information content (AvgIpc) is 2.96. The zero-order valence-corrected chi connectivity index (χ0v) is 12.9. The predicted molar refractivity (Wildman–Crippen MR) is 79.3 cm³/mol. The van der Waals surface area contributed by atoms with E-state index in [1.807, 2.05) is 0 Å². The summed E-state index contributed by atoms with van der Waals surface area (Å²) in [5.74, 6) is -0.347. The van der Waals surface area contributed by atoms with E-state index in [9.17, 15) is 14.4 Å². The second-order valence-electron chi connectivity index (χ2n) is 7.53. The second kappa shape index (κ2) is 3.90. The molecule has 4 bridgehead atoms. The summed E-state index contributed by atoms with van der Waals surface area (Å²) >= 11 is 0. The first-order valence-electron chi connectivity index (χ1n) is 7.87. The smallest absolute Gasteiger partial charge is 0.258 e. The monoisotopic (exact) mass is 298 g/mol. The Hall–Kier alpha value is -1.89. The van der Waals surface area contributed by atoms with Crippen molar-refractivity contribution in [2.75, 3.05) is 6.54 Å². The number of carbonyl (C=O) groups excluding carboxylic acids is 1. The summed E-state index contributed by atoms with van der Waals surface area (Å²) in [5.41, 5.74) is -0.902. The first kappa shape index (κ1) is 13.8. The lowest BCUT2D eigenvalue weighted by atomic mass is 9.66. The van der Waals surface area contributed by atoms with Crippen molar-refractivity contribution in [3.8, 4) is 6.07 Å². The molecule has 4 rings (SSSR count). The van der Waals surface area contributed by atoms with Crippen LogP contribution in [0.5, 0.6) is 0 Å². The topological polar surface area (TPSA) is 44.1 Å². The van der Waals surface area contributed by atoms with Crippen molar-refractivity contribution >= 4 is 5.91 Å².